The van der Waals surface area contributed by atoms with E-state index >= 15 is 0 Å². The number of aryl methyl sites for hydroxylation is 2. The first-order valence-electron chi connectivity index (χ1n) is 9.46. The van der Waals surface area contributed by atoms with Crippen LogP contribution in [0.3, 0.4) is 0 Å². The molecule has 1 aromatic heterocycles. The van der Waals surface area contributed by atoms with Gasteiger partial charge in [0.15, 0.2) is 11.0 Å². The molecule has 0 saturated heterocycles. The molecule has 2 amide bonds. The summed E-state index contributed by atoms with van der Waals surface area (Å²) in [6, 6.07) is 8.73. The van der Waals surface area contributed by atoms with Crippen LogP contribution >= 0.6 is 57.6 Å². The van der Waals surface area contributed by atoms with E-state index in [0.717, 1.165) is 20.4 Å². The van der Waals surface area contributed by atoms with Crippen LogP contribution in [0.2, 0.25) is 10.0 Å². The summed E-state index contributed by atoms with van der Waals surface area (Å²) in [5.74, 6) is 0.267. The number of anilines is 1. The predicted molar refractivity (Wildman–Crippen MR) is 137 cm³/mol. The molecule has 0 atom stereocenters. The van der Waals surface area contributed by atoms with Crippen LogP contribution in [0, 0.1) is 17.4 Å². The van der Waals surface area contributed by atoms with Gasteiger partial charge in [-0.05, 0) is 77.9 Å². The molecule has 7 nitrogen and oxygen atoms in total. The van der Waals surface area contributed by atoms with Crippen LogP contribution in [0.15, 0.2) is 35.5 Å². The lowest BCUT2D eigenvalue weighted by molar-refractivity contribution is -0.113. The first-order chi connectivity index (χ1) is 15.2. The lowest BCUT2D eigenvalue weighted by atomic mass is 10.1. The molecule has 0 bridgehead atoms. The van der Waals surface area contributed by atoms with Crippen LogP contribution in [0.1, 0.15) is 27.3 Å². The van der Waals surface area contributed by atoms with Crippen molar-refractivity contribution in [1.82, 2.24) is 20.1 Å². The number of rotatable bonds is 7. The highest BCUT2D eigenvalue weighted by Gasteiger charge is 2.15. The molecule has 0 fully saturated rings. The number of nitrogens with one attached hydrogen (secondary N) is 2. The summed E-state index contributed by atoms with van der Waals surface area (Å²) in [5, 5.41) is 15.3. The second-order valence-electron chi connectivity index (χ2n) is 7.02. The second kappa shape index (κ2) is 10.9. The van der Waals surface area contributed by atoms with Crippen molar-refractivity contribution in [2.24, 2.45) is 7.05 Å². The van der Waals surface area contributed by atoms with Crippen molar-refractivity contribution in [1.29, 1.82) is 0 Å². The third-order valence-electron chi connectivity index (χ3n) is 4.60. The lowest BCUT2D eigenvalue weighted by Crippen LogP contribution is -2.24. The zero-order chi connectivity index (χ0) is 23.4. The summed E-state index contributed by atoms with van der Waals surface area (Å²) in [4.78, 5) is 24.8. The van der Waals surface area contributed by atoms with E-state index in [1.54, 1.807) is 23.7 Å². The van der Waals surface area contributed by atoms with Gasteiger partial charge in [0, 0.05) is 21.3 Å². The van der Waals surface area contributed by atoms with E-state index in [1.165, 1.54) is 17.8 Å². The van der Waals surface area contributed by atoms with Crippen molar-refractivity contribution in [3.8, 4) is 0 Å². The molecule has 3 rings (SSSR count). The SMILES string of the molecule is Cc1cc(I)cc(C)c1NC(=O)CSc1nnc(CNC(=O)c2ccc(Cl)cc2Cl)n1C. The molecule has 32 heavy (non-hydrogen) atoms. The summed E-state index contributed by atoms with van der Waals surface area (Å²) >= 11 is 15.5. The van der Waals surface area contributed by atoms with Gasteiger partial charge in [-0.15, -0.1) is 10.2 Å². The van der Waals surface area contributed by atoms with E-state index in [2.05, 4.69) is 43.4 Å². The highest BCUT2D eigenvalue weighted by molar-refractivity contribution is 14.1. The molecular formula is C21H20Cl2IN5O2S. The maximum Gasteiger partial charge on any atom is 0.253 e. The molecule has 0 aliphatic carbocycles. The smallest absolute Gasteiger partial charge is 0.253 e. The maximum atomic E-state index is 12.5. The second-order valence-corrected chi connectivity index (χ2v) is 10.0. The fourth-order valence-corrected chi connectivity index (χ4v) is 5.12. The number of benzene rings is 2. The zero-order valence-corrected chi connectivity index (χ0v) is 22.0. The quantitative estimate of drug-likeness (QED) is 0.293. The minimum atomic E-state index is -0.341. The summed E-state index contributed by atoms with van der Waals surface area (Å²) in [7, 11) is 1.78. The van der Waals surface area contributed by atoms with Gasteiger partial charge in [0.1, 0.15) is 0 Å². The Labute approximate surface area is 213 Å². The van der Waals surface area contributed by atoms with Gasteiger partial charge >= 0.3 is 0 Å². The van der Waals surface area contributed by atoms with Crippen LogP contribution in [0.4, 0.5) is 5.69 Å². The fourth-order valence-electron chi connectivity index (χ4n) is 2.97. The van der Waals surface area contributed by atoms with Crippen molar-refractivity contribution in [3.63, 3.8) is 0 Å². The Kier molecular flexibility index (Phi) is 8.43. The number of thioether (sulfide) groups is 1. The van der Waals surface area contributed by atoms with Gasteiger partial charge in [-0.3, -0.25) is 9.59 Å². The van der Waals surface area contributed by atoms with E-state index in [-0.39, 0.29) is 29.1 Å². The normalized spacial score (nSPS) is 10.8. The van der Waals surface area contributed by atoms with Gasteiger partial charge in [0.25, 0.3) is 5.91 Å². The van der Waals surface area contributed by atoms with E-state index < -0.39 is 0 Å². The number of carbonyl (C=O) groups is 2. The molecule has 0 aliphatic heterocycles. The average Bonchev–Trinajstić information content (AvgIpc) is 3.06. The Morgan fingerprint density at radius 3 is 2.47 bits per heavy atom. The van der Waals surface area contributed by atoms with Crippen molar-refractivity contribution < 1.29 is 9.59 Å². The van der Waals surface area contributed by atoms with Crippen molar-refractivity contribution in [2.75, 3.05) is 11.1 Å². The molecule has 2 N–H and O–H groups in total. The molecular weight excluding hydrogens is 584 g/mol. The number of amides is 2. The zero-order valence-electron chi connectivity index (χ0n) is 17.5. The van der Waals surface area contributed by atoms with Crippen LogP contribution in [-0.4, -0.2) is 32.3 Å². The summed E-state index contributed by atoms with van der Waals surface area (Å²) in [6.45, 7) is 4.10. The Morgan fingerprint density at radius 1 is 1.12 bits per heavy atom. The van der Waals surface area contributed by atoms with Gasteiger partial charge in [-0.2, -0.15) is 0 Å². The molecule has 3 aromatic rings. The third-order valence-corrected chi connectivity index (χ3v) is 6.79. The van der Waals surface area contributed by atoms with Gasteiger partial charge in [0.05, 0.1) is 22.9 Å². The first-order valence-corrected chi connectivity index (χ1v) is 12.3. The number of nitrogens with zero attached hydrogens (tertiary/aromatic N) is 3. The third kappa shape index (κ3) is 6.15. The maximum absolute atomic E-state index is 12.5. The topological polar surface area (TPSA) is 88.9 Å². The Bertz CT molecular complexity index is 1160. The molecule has 0 unspecified atom stereocenters. The Hall–Kier alpha value is -1.82. The van der Waals surface area contributed by atoms with Gasteiger partial charge in [0.2, 0.25) is 5.91 Å². The molecule has 168 valence electrons. The first kappa shape index (κ1) is 24.8. The molecule has 11 heteroatoms. The van der Waals surface area contributed by atoms with E-state index in [0.29, 0.717) is 21.6 Å². The van der Waals surface area contributed by atoms with Crippen molar-refractivity contribution in [3.05, 3.63) is 66.5 Å². The molecule has 0 aliphatic rings. The summed E-state index contributed by atoms with van der Waals surface area (Å²) in [5.41, 5.74) is 3.19. The van der Waals surface area contributed by atoms with E-state index in [1.807, 2.05) is 26.0 Å². The lowest BCUT2D eigenvalue weighted by Gasteiger charge is -2.12. The molecule has 0 radical (unpaired) electrons. The molecule has 0 saturated carbocycles. The predicted octanol–water partition coefficient (Wildman–Crippen LogP) is 5.00. The van der Waals surface area contributed by atoms with Crippen LogP contribution in [-0.2, 0) is 18.4 Å². The minimum Gasteiger partial charge on any atom is -0.345 e. The van der Waals surface area contributed by atoms with E-state index in [4.69, 9.17) is 23.2 Å². The van der Waals surface area contributed by atoms with Crippen LogP contribution in [0.5, 0.6) is 0 Å². The molecule has 2 aromatic carbocycles. The standard InChI is InChI=1S/C21H20Cl2IN5O2S/c1-11-6-14(24)7-12(2)19(11)26-18(30)10-32-21-28-27-17(29(21)3)9-25-20(31)15-5-4-13(22)8-16(15)23/h4-8H,9-10H2,1-3H3,(H,25,31)(H,26,30). The van der Waals surface area contributed by atoms with Gasteiger partial charge in [-0.25, -0.2) is 0 Å². The van der Waals surface area contributed by atoms with Crippen LogP contribution < -0.4 is 10.6 Å². The highest BCUT2D eigenvalue weighted by Crippen LogP contribution is 2.24. The van der Waals surface area contributed by atoms with Gasteiger partial charge in [-0.1, -0.05) is 35.0 Å². The monoisotopic (exact) mass is 603 g/mol. The van der Waals surface area contributed by atoms with Crippen LogP contribution in [0.25, 0.3) is 0 Å². The average molecular weight is 604 g/mol. The number of carbonyl (C=O) groups excluding carboxylic acids is 2. The molecule has 0 spiro atoms. The number of aromatic nitrogens is 3. The highest BCUT2D eigenvalue weighted by atomic mass is 127. The largest absolute Gasteiger partial charge is 0.345 e. The van der Waals surface area contributed by atoms with Gasteiger partial charge < -0.3 is 15.2 Å². The Morgan fingerprint density at radius 2 is 1.81 bits per heavy atom. The summed E-state index contributed by atoms with van der Waals surface area (Å²) in [6.07, 6.45) is 0. The Balaban J connectivity index is 1.57. The number of halogens is 3. The van der Waals surface area contributed by atoms with E-state index in [9.17, 15) is 9.59 Å². The number of hydrogen-bond acceptors (Lipinski definition) is 5. The molecule has 1 heterocycles. The minimum absolute atomic E-state index is 0.127. The van der Waals surface area contributed by atoms with Crippen molar-refractivity contribution in [2.45, 2.75) is 25.5 Å². The van der Waals surface area contributed by atoms with Crippen molar-refractivity contribution >= 4 is 75.1 Å². The number of hydrogen-bond donors (Lipinski definition) is 2. The fraction of sp³-hybridized carbons (Fsp3) is 0.238. The summed E-state index contributed by atoms with van der Waals surface area (Å²) < 4.78 is 2.87.